The molecule has 0 aliphatic carbocycles. The summed E-state index contributed by atoms with van der Waals surface area (Å²) in [6.45, 7) is 1.89. The molecule has 0 bridgehead atoms. The smallest absolute Gasteiger partial charge is 0.257 e. The van der Waals surface area contributed by atoms with Crippen LogP contribution in [0.5, 0.6) is 0 Å². The van der Waals surface area contributed by atoms with Crippen molar-refractivity contribution in [1.29, 1.82) is 0 Å². The van der Waals surface area contributed by atoms with E-state index in [1.165, 1.54) is 0 Å². The number of rotatable bonds is 3. The zero-order valence-electron chi connectivity index (χ0n) is 12.9. The summed E-state index contributed by atoms with van der Waals surface area (Å²) in [7, 11) is 0. The number of halogens is 1. The van der Waals surface area contributed by atoms with Gasteiger partial charge in [-0.15, -0.1) is 0 Å². The second-order valence-electron chi connectivity index (χ2n) is 5.13. The highest BCUT2D eigenvalue weighted by molar-refractivity contribution is 7.80. The van der Waals surface area contributed by atoms with Gasteiger partial charge in [-0.2, -0.15) is 0 Å². The Hall–Kier alpha value is -2.44. The second-order valence-corrected chi connectivity index (χ2v) is 5.97. The minimum Gasteiger partial charge on any atom is -0.298 e. The lowest BCUT2D eigenvalue weighted by Crippen LogP contribution is -2.48. The molecular weight excluding hydrogens is 346 g/mol. The molecule has 2 aromatic carbocycles. The Morgan fingerprint density at radius 2 is 1.79 bits per heavy atom. The zero-order valence-corrected chi connectivity index (χ0v) is 14.5. The highest BCUT2D eigenvalue weighted by Gasteiger charge is 2.09. The van der Waals surface area contributed by atoms with Gasteiger partial charge in [-0.25, -0.2) is 0 Å². The summed E-state index contributed by atoms with van der Waals surface area (Å²) in [5.74, 6) is -0.632. The van der Waals surface area contributed by atoms with Gasteiger partial charge in [0.05, 0.1) is 6.42 Å². The van der Waals surface area contributed by atoms with Crippen LogP contribution in [0.25, 0.3) is 0 Å². The molecule has 0 aromatic heterocycles. The van der Waals surface area contributed by atoms with Crippen LogP contribution < -0.4 is 16.2 Å². The van der Waals surface area contributed by atoms with Crippen LogP contribution in [-0.2, 0) is 11.2 Å². The van der Waals surface area contributed by atoms with E-state index in [1.807, 2.05) is 13.0 Å². The first-order valence-corrected chi connectivity index (χ1v) is 7.94. The molecule has 2 rings (SSSR count). The predicted molar refractivity (Wildman–Crippen MR) is 97.7 cm³/mol. The summed E-state index contributed by atoms with van der Waals surface area (Å²) in [5.41, 5.74) is 7.21. The van der Waals surface area contributed by atoms with Gasteiger partial charge < -0.3 is 0 Å². The molecule has 124 valence electrons. The number of carbonyl (C=O) groups is 2. The van der Waals surface area contributed by atoms with Crippen LogP contribution in [0.2, 0.25) is 5.02 Å². The van der Waals surface area contributed by atoms with Crippen LogP contribution >= 0.6 is 23.8 Å². The van der Waals surface area contributed by atoms with Crippen molar-refractivity contribution in [1.82, 2.24) is 16.2 Å². The van der Waals surface area contributed by atoms with Gasteiger partial charge in [0.25, 0.3) is 5.91 Å². The lowest BCUT2D eigenvalue weighted by atomic mass is 10.1. The Labute approximate surface area is 150 Å². The van der Waals surface area contributed by atoms with Gasteiger partial charge in [-0.05, 0) is 49.0 Å². The summed E-state index contributed by atoms with van der Waals surface area (Å²) < 4.78 is 0. The van der Waals surface area contributed by atoms with Gasteiger partial charge in [0.1, 0.15) is 0 Å². The van der Waals surface area contributed by atoms with E-state index in [2.05, 4.69) is 16.2 Å². The molecule has 5 nitrogen and oxygen atoms in total. The molecule has 0 radical (unpaired) electrons. The number of thiocarbonyl (C=S) groups is 1. The van der Waals surface area contributed by atoms with Crippen LogP contribution in [0.1, 0.15) is 21.5 Å². The number of nitrogens with one attached hydrogen (secondary N) is 3. The second kappa shape index (κ2) is 8.42. The highest BCUT2D eigenvalue weighted by atomic mass is 35.5. The van der Waals surface area contributed by atoms with Gasteiger partial charge in [0, 0.05) is 10.6 Å². The van der Waals surface area contributed by atoms with Crippen molar-refractivity contribution in [3.63, 3.8) is 0 Å². The van der Waals surface area contributed by atoms with E-state index in [0.29, 0.717) is 10.6 Å². The van der Waals surface area contributed by atoms with Crippen molar-refractivity contribution >= 4 is 40.7 Å². The third kappa shape index (κ3) is 5.64. The molecule has 3 N–H and O–H groups in total. The average molecular weight is 362 g/mol. The molecule has 0 spiro atoms. The fourth-order valence-corrected chi connectivity index (χ4v) is 2.22. The molecule has 7 heteroatoms. The fourth-order valence-electron chi connectivity index (χ4n) is 1.95. The Bertz CT molecular complexity index is 763. The fraction of sp³-hybridized carbons (Fsp3) is 0.118. The number of hydrogen-bond donors (Lipinski definition) is 3. The number of hydrazine groups is 1. The van der Waals surface area contributed by atoms with Gasteiger partial charge in [0.15, 0.2) is 5.11 Å². The number of benzene rings is 2. The molecule has 0 saturated carbocycles. The Kier molecular flexibility index (Phi) is 6.28. The topological polar surface area (TPSA) is 70.2 Å². The third-order valence-electron chi connectivity index (χ3n) is 3.10. The molecular formula is C17H16ClN3O2S. The van der Waals surface area contributed by atoms with E-state index in [1.54, 1.807) is 42.5 Å². The minimum atomic E-state index is -0.344. The first-order valence-electron chi connectivity index (χ1n) is 7.15. The zero-order chi connectivity index (χ0) is 17.5. The molecule has 0 heterocycles. The Balaban J connectivity index is 1.79. The minimum absolute atomic E-state index is 0.0194. The van der Waals surface area contributed by atoms with Crippen molar-refractivity contribution in [3.8, 4) is 0 Å². The Morgan fingerprint density at radius 1 is 1.08 bits per heavy atom. The summed E-state index contributed by atoms with van der Waals surface area (Å²) in [6.07, 6.45) is 0.165. The number of carbonyl (C=O) groups excluding carboxylic acids is 2. The molecule has 2 amide bonds. The van der Waals surface area contributed by atoms with Crippen molar-refractivity contribution in [2.24, 2.45) is 0 Å². The first-order chi connectivity index (χ1) is 11.4. The molecule has 0 aliphatic heterocycles. The van der Waals surface area contributed by atoms with Crippen LogP contribution in [0.15, 0.2) is 48.5 Å². The summed E-state index contributed by atoms with van der Waals surface area (Å²) >= 11 is 10.8. The van der Waals surface area contributed by atoms with Crippen LogP contribution in [-0.4, -0.2) is 16.9 Å². The number of aryl methyl sites for hydroxylation is 1. The number of hydrogen-bond acceptors (Lipinski definition) is 3. The molecule has 0 unspecified atom stereocenters. The van der Waals surface area contributed by atoms with Gasteiger partial charge in [0.2, 0.25) is 5.91 Å². The van der Waals surface area contributed by atoms with Crippen molar-refractivity contribution in [3.05, 3.63) is 70.2 Å². The average Bonchev–Trinajstić information content (AvgIpc) is 2.55. The van der Waals surface area contributed by atoms with E-state index in [-0.39, 0.29) is 23.3 Å². The molecule has 0 atom stereocenters. The van der Waals surface area contributed by atoms with Crippen LogP contribution in [0, 0.1) is 6.92 Å². The number of amides is 2. The summed E-state index contributed by atoms with van der Waals surface area (Å²) in [5, 5.41) is 3.13. The molecule has 0 fully saturated rings. The van der Waals surface area contributed by atoms with E-state index < -0.39 is 0 Å². The van der Waals surface area contributed by atoms with Crippen molar-refractivity contribution < 1.29 is 9.59 Å². The van der Waals surface area contributed by atoms with Crippen LogP contribution in [0.3, 0.4) is 0 Å². The van der Waals surface area contributed by atoms with E-state index in [0.717, 1.165) is 11.1 Å². The standard InChI is InChI=1S/C17H16ClN3O2S/c1-11-3-2-4-13(9-11)16(23)19-17(24)21-20-15(22)10-12-5-7-14(18)8-6-12/h2-9H,10H2,1H3,(H,20,22)(H2,19,21,23,24). The SMILES string of the molecule is Cc1cccc(C(=O)NC(=S)NNC(=O)Cc2ccc(Cl)cc2)c1. The van der Waals surface area contributed by atoms with Gasteiger partial charge in [-0.3, -0.25) is 25.8 Å². The van der Waals surface area contributed by atoms with Crippen molar-refractivity contribution in [2.75, 3.05) is 0 Å². The van der Waals surface area contributed by atoms with Gasteiger partial charge >= 0.3 is 0 Å². The maximum atomic E-state index is 12.0. The monoisotopic (exact) mass is 361 g/mol. The quantitative estimate of drug-likeness (QED) is 0.580. The summed E-state index contributed by atoms with van der Waals surface area (Å²) in [6, 6.07) is 14.1. The first kappa shape index (κ1) is 17.9. The normalized spacial score (nSPS) is 9.92. The molecule has 24 heavy (non-hydrogen) atoms. The van der Waals surface area contributed by atoms with E-state index in [4.69, 9.17) is 23.8 Å². The predicted octanol–water partition coefficient (Wildman–Crippen LogP) is 2.53. The molecule has 0 aliphatic rings. The lowest BCUT2D eigenvalue weighted by molar-refractivity contribution is -0.121. The maximum Gasteiger partial charge on any atom is 0.257 e. The lowest BCUT2D eigenvalue weighted by Gasteiger charge is -2.11. The van der Waals surface area contributed by atoms with E-state index >= 15 is 0 Å². The van der Waals surface area contributed by atoms with Gasteiger partial charge in [-0.1, -0.05) is 41.4 Å². The highest BCUT2D eigenvalue weighted by Crippen LogP contribution is 2.09. The largest absolute Gasteiger partial charge is 0.298 e. The van der Waals surface area contributed by atoms with Crippen LogP contribution in [0.4, 0.5) is 0 Å². The Morgan fingerprint density at radius 3 is 2.46 bits per heavy atom. The summed E-state index contributed by atoms with van der Waals surface area (Å²) in [4.78, 5) is 23.8. The molecule has 0 saturated heterocycles. The van der Waals surface area contributed by atoms with Crippen molar-refractivity contribution in [2.45, 2.75) is 13.3 Å². The van der Waals surface area contributed by atoms with E-state index in [9.17, 15) is 9.59 Å². The molecule has 2 aromatic rings. The third-order valence-corrected chi connectivity index (χ3v) is 3.56. The maximum absolute atomic E-state index is 12.0.